The highest BCUT2D eigenvalue weighted by molar-refractivity contribution is 7.90. The van der Waals surface area contributed by atoms with Crippen LogP contribution in [0.4, 0.5) is 0 Å². The third-order valence-corrected chi connectivity index (χ3v) is 3.49. The number of hydrazine groups is 1. The van der Waals surface area contributed by atoms with Crippen LogP contribution in [0, 0.1) is 0 Å². The number of sulfone groups is 1. The van der Waals surface area contributed by atoms with Crippen LogP contribution < -0.4 is 11.3 Å². The normalized spacial score (nSPS) is 14.1. The summed E-state index contributed by atoms with van der Waals surface area (Å²) in [6, 6.07) is 0.262. The van der Waals surface area contributed by atoms with Gasteiger partial charge >= 0.3 is 0 Å². The maximum Gasteiger partial charge on any atom is 0.147 e. The van der Waals surface area contributed by atoms with Gasteiger partial charge in [-0.15, -0.1) is 0 Å². The molecular formula is C10H24N2O2S. The summed E-state index contributed by atoms with van der Waals surface area (Å²) < 4.78 is 21.8. The van der Waals surface area contributed by atoms with E-state index in [0.717, 1.165) is 19.3 Å². The summed E-state index contributed by atoms with van der Waals surface area (Å²) in [5, 5.41) is 0. The molecule has 0 spiro atoms. The Hall–Kier alpha value is -0.130. The van der Waals surface area contributed by atoms with Crippen LogP contribution in [-0.2, 0) is 9.84 Å². The van der Waals surface area contributed by atoms with Gasteiger partial charge in [0.2, 0.25) is 0 Å². The van der Waals surface area contributed by atoms with Gasteiger partial charge in [-0.05, 0) is 19.3 Å². The molecule has 0 aromatic rings. The molecule has 5 heteroatoms. The van der Waals surface area contributed by atoms with Crippen LogP contribution in [0.15, 0.2) is 0 Å². The Morgan fingerprint density at radius 2 is 1.80 bits per heavy atom. The summed E-state index contributed by atoms with van der Waals surface area (Å²) in [4.78, 5) is 0. The van der Waals surface area contributed by atoms with Gasteiger partial charge in [-0.2, -0.15) is 0 Å². The first kappa shape index (κ1) is 14.9. The molecule has 0 fully saturated rings. The maximum absolute atomic E-state index is 10.9. The zero-order chi connectivity index (χ0) is 11.7. The van der Waals surface area contributed by atoms with E-state index in [1.807, 2.05) is 0 Å². The third kappa shape index (κ3) is 10.2. The number of rotatable bonds is 9. The predicted octanol–water partition coefficient (Wildman–Crippen LogP) is 1.22. The summed E-state index contributed by atoms with van der Waals surface area (Å²) >= 11 is 0. The summed E-state index contributed by atoms with van der Waals surface area (Å²) in [5.41, 5.74) is 2.75. The molecule has 0 aromatic carbocycles. The molecule has 1 unspecified atom stereocenters. The average Bonchev–Trinajstić information content (AvgIpc) is 2.14. The zero-order valence-corrected chi connectivity index (χ0v) is 10.6. The largest absolute Gasteiger partial charge is 0.271 e. The third-order valence-electron chi connectivity index (χ3n) is 2.46. The number of hydrogen-bond donors (Lipinski definition) is 2. The lowest BCUT2D eigenvalue weighted by atomic mass is 10.1. The number of nitrogens with two attached hydrogens (primary N) is 1. The number of hydrogen-bond acceptors (Lipinski definition) is 4. The Balaban J connectivity index is 3.61. The van der Waals surface area contributed by atoms with Gasteiger partial charge in [-0.25, -0.2) is 8.42 Å². The molecule has 0 aromatic heterocycles. The van der Waals surface area contributed by atoms with Crippen molar-refractivity contribution in [2.45, 2.75) is 51.5 Å². The topological polar surface area (TPSA) is 72.2 Å². The molecule has 15 heavy (non-hydrogen) atoms. The molecule has 0 saturated carbocycles. The van der Waals surface area contributed by atoms with E-state index in [4.69, 9.17) is 5.84 Å². The second kappa shape index (κ2) is 8.07. The van der Waals surface area contributed by atoms with E-state index in [1.54, 1.807) is 0 Å². The highest BCUT2D eigenvalue weighted by atomic mass is 32.2. The van der Waals surface area contributed by atoms with E-state index in [-0.39, 0.29) is 11.8 Å². The minimum Gasteiger partial charge on any atom is -0.271 e. The van der Waals surface area contributed by atoms with Gasteiger partial charge in [0.25, 0.3) is 0 Å². The molecule has 0 amide bonds. The maximum atomic E-state index is 10.9. The highest BCUT2D eigenvalue weighted by Crippen LogP contribution is 2.08. The number of unbranched alkanes of at least 4 members (excludes halogenated alkanes) is 2. The van der Waals surface area contributed by atoms with Gasteiger partial charge in [0, 0.05) is 18.1 Å². The highest BCUT2D eigenvalue weighted by Gasteiger charge is 2.08. The van der Waals surface area contributed by atoms with E-state index in [9.17, 15) is 8.42 Å². The van der Waals surface area contributed by atoms with E-state index in [0.29, 0.717) is 6.42 Å². The minimum atomic E-state index is -2.82. The molecule has 3 N–H and O–H groups in total. The van der Waals surface area contributed by atoms with Crippen molar-refractivity contribution in [1.82, 2.24) is 5.43 Å². The molecular weight excluding hydrogens is 212 g/mol. The van der Waals surface area contributed by atoms with Crippen LogP contribution in [0.1, 0.15) is 45.4 Å². The Labute approximate surface area is 93.5 Å². The Kier molecular flexibility index (Phi) is 8.00. The molecule has 0 radical (unpaired) electrons. The fourth-order valence-electron chi connectivity index (χ4n) is 1.54. The van der Waals surface area contributed by atoms with Gasteiger partial charge in [0.1, 0.15) is 9.84 Å². The molecule has 0 rings (SSSR count). The molecule has 1 atom stereocenters. The van der Waals surface area contributed by atoms with Crippen molar-refractivity contribution in [2.75, 3.05) is 12.0 Å². The van der Waals surface area contributed by atoms with Crippen molar-refractivity contribution in [3.8, 4) is 0 Å². The van der Waals surface area contributed by atoms with Crippen molar-refractivity contribution in [1.29, 1.82) is 0 Å². The van der Waals surface area contributed by atoms with Gasteiger partial charge in [-0.3, -0.25) is 11.3 Å². The first-order valence-corrected chi connectivity index (χ1v) is 7.69. The molecule has 92 valence electrons. The van der Waals surface area contributed by atoms with Crippen LogP contribution >= 0.6 is 0 Å². The van der Waals surface area contributed by atoms with Crippen LogP contribution in [0.5, 0.6) is 0 Å². The first-order chi connectivity index (χ1) is 6.99. The Morgan fingerprint density at radius 1 is 1.20 bits per heavy atom. The first-order valence-electron chi connectivity index (χ1n) is 5.63. The molecule has 0 heterocycles. The van der Waals surface area contributed by atoms with Crippen LogP contribution in [0.3, 0.4) is 0 Å². The van der Waals surface area contributed by atoms with Crippen LogP contribution in [0.2, 0.25) is 0 Å². The van der Waals surface area contributed by atoms with Crippen molar-refractivity contribution in [2.24, 2.45) is 5.84 Å². The van der Waals surface area contributed by atoms with E-state index >= 15 is 0 Å². The molecule has 0 aliphatic carbocycles. The van der Waals surface area contributed by atoms with Crippen molar-refractivity contribution in [3.05, 3.63) is 0 Å². The monoisotopic (exact) mass is 236 g/mol. The van der Waals surface area contributed by atoms with Crippen LogP contribution in [-0.4, -0.2) is 26.5 Å². The molecule has 0 aliphatic rings. The second-order valence-corrected chi connectivity index (χ2v) is 6.39. The average molecular weight is 236 g/mol. The van der Waals surface area contributed by atoms with Crippen molar-refractivity contribution < 1.29 is 8.42 Å². The molecule has 0 bridgehead atoms. The summed E-state index contributed by atoms with van der Waals surface area (Å²) in [6.07, 6.45) is 7.41. The standard InChI is InChI=1S/C10H24N2O2S/c1-3-4-5-7-10(12-11)8-6-9-15(2,13)14/h10,12H,3-9,11H2,1-2H3. The molecule has 0 aliphatic heterocycles. The summed E-state index contributed by atoms with van der Waals surface area (Å²) in [6.45, 7) is 2.16. The lowest BCUT2D eigenvalue weighted by Crippen LogP contribution is -2.35. The van der Waals surface area contributed by atoms with E-state index < -0.39 is 9.84 Å². The minimum absolute atomic E-state index is 0.262. The quantitative estimate of drug-likeness (QED) is 0.359. The second-order valence-electron chi connectivity index (χ2n) is 4.13. The van der Waals surface area contributed by atoms with E-state index in [2.05, 4.69) is 12.3 Å². The summed E-state index contributed by atoms with van der Waals surface area (Å²) in [5.74, 6) is 5.67. The lowest BCUT2D eigenvalue weighted by molar-refractivity contribution is 0.439. The fourth-order valence-corrected chi connectivity index (χ4v) is 2.23. The van der Waals surface area contributed by atoms with Gasteiger partial charge in [0.15, 0.2) is 0 Å². The van der Waals surface area contributed by atoms with Crippen LogP contribution in [0.25, 0.3) is 0 Å². The lowest BCUT2D eigenvalue weighted by Gasteiger charge is -2.14. The predicted molar refractivity (Wildman–Crippen MR) is 64.2 cm³/mol. The van der Waals surface area contributed by atoms with E-state index in [1.165, 1.54) is 19.1 Å². The van der Waals surface area contributed by atoms with Gasteiger partial charge < -0.3 is 0 Å². The summed E-state index contributed by atoms with van der Waals surface area (Å²) in [7, 11) is -2.82. The Bertz CT molecular complexity index is 240. The van der Waals surface area contributed by atoms with Crippen molar-refractivity contribution >= 4 is 9.84 Å². The molecule has 4 nitrogen and oxygen atoms in total. The smallest absolute Gasteiger partial charge is 0.147 e. The SMILES string of the molecule is CCCCCC(CCCS(C)(=O)=O)NN. The fraction of sp³-hybridized carbons (Fsp3) is 1.00. The number of nitrogens with one attached hydrogen (secondary N) is 1. The van der Waals surface area contributed by atoms with Gasteiger partial charge in [-0.1, -0.05) is 26.2 Å². The zero-order valence-electron chi connectivity index (χ0n) is 9.83. The molecule has 0 saturated heterocycles. The van der Waals surface area contributed by atoms with Crippen molar-refractivity contribution in [3.63, 3.8) is 0 Å². The Morgan fingerprint density at radius 3 is 2.27 bits per heavy atom. The van der Waals surface area contributed by atoms with Gasteiger partial charge in [0.05, 0.1) is 0 Å².